The second-order valence-corrected chi connectivity index (χ2v) is 9.87. The van der Waals surface area contributed by atoms with Gasteiger partial charge in [-0.3, -0.25) is 0 Å². The van der Waals surface area contributed by atoms with Crippen molar-refractivity contribution in [2.75, 3.05) is 19.7 Å². The van der Waals surface area contributed by atoms with Crippen LogP contribution in [-0.2, 0) is 10.0 Å². The molecule has 1 fully saturated rings. The average molecular weight is 419 g/mol. The molecule has 4 nitrogen and oxygen atoms in total. The first-order chi connectivity index (χ1) is 8.45. The van der Waals surface area contributed by atoms with Crippen molar-refractivity contribution in [1.29, 1.82) is 0 Å². The van der Waals surface area contributed by atoms with E-state index in [-0.39, 0.29) is 12.5 Å². The highest BCUT2D eigenvalue weighted by atomic mass is 79.9. The summed E-state index contributed by atoms with van der Waals surface area (Å²) in [6, 6.07) is 1.63. The van der Waals surface area contributed by atoms with Crippen molar-refractivity contribution in [2.45, 2.75) is 17.7 Å². The van der Waals surface area contributed by atoms with E-state index < -0.39 is 10.0 Å². The van der Waals surface area contributed by atoms with Gasteiger partial charge in [0.25, 0.3) is 0 Å². The van der Waals surface area contributed by atoms with Gasteiger partial charge in [0.1, 0.15) is 4.90 Å². The summed E-state index contributed by atoms with van der Waals surface area (Å²) in [4.78, 5) is 0.321. The largest absolute Gasteiger partial charge is 0.396 e. The first-order valence-electron chi connectivity index (χ1n) is 5.51. The van der Waals surface area contributed by atoms with Crippen LogP contribution in [0.4, 0.5) is 0 Å². The van der Waals surface area contributed by atoms with Crippen LogP contribution in [0.3, 0.4) is 0 Å². The Hall–Kier alpha value is 0.530. The van der Waals surface area contributed by atoms with Crippen molar-refractivity contribution in [3.05, 3.63) is 13.6 Å². The molecule has 1 saturated heterocycles. The Morgan fingerprint density at radius 1 is 1.39 bits per heavy atom. The van der Waals surface area contributed by atoms with Crippen molar-refractivity contribution < 1.29 is 13.5 Å². The minimum atomic E-state index is -3.42. The average Bonchev–Trinajstić information content (AvgIpc) is 2.69. The Morgan fingerprint density at radius 3 is 2.44 bits per heavy atom. The standard InChI is InChI=1S/C10H13Br2NO3S2/c11-9-5-8(10(12)17-9)18(15,16)13-3-1-7(6-14)2-4-13/h5,7,14H,1-4,6H2. The Bertz CT molecular complexity index is 521. The summed E-state index contributed by atoms with van der Waals surface area (Å²) >= 11 is 7.93. The van der Waals surface area contributed by atoms with E-state index in [1.165, 1.54) is 15.6 Å². The lowest BCUT2D eigenvalue weighted by atomic mass is 10.00. The number of piperidine rings is 1. The number of aliphatic hydroxyl groups is 1. The molecule has 1 aliphatic rings. The molecule has 0 atom stereocenters. The molecule has 0 bridgehead atoms. The SMILES string of the molecule is O=S(=O)(c1cc(Br)sc1Br)N1CCC(CO)CC1. The van der Waals surface area contributed by atoms with Crippen molar-refractivity contribution in [2.24, 2.45) is 5.92 Å². The molecule has 0 amide bonds. The van der Waals surface area contributed by atoms with Crippen LogP contribution in [-0.4, -0.2) is 37.5 Å². The predicted molar refractivity (Wildman–Crippen MR) is 78.3 cm³/mol. The van der Waals surface area contributed by atoms with Crippen LogP contribution < -0.4 is 0 Å². The van der Waals surface area contributed by atoms with Gasteiger partial charge < -0.3 is 5.11 Å². The molecule has 1 aliphatic heterocycles. The second kappa shape index (κ2) is 5.88. The molecule has 18 heavy (non-hydrogen) atoms. The third-order valence-corrected chi connectivity index (χ3v) is 7.73. The highest BCUT2D eigenvalue weighted by Gasteiger charge is 2.31. The topological polar surface area (TPSA) is 57.6 Å². The number of rotatable bonds is 3. The van der Waals surface area contributed by atoms with Crippen molar-refractivity contribution in [3.63, 3.8) is 0 Å². The van der Waals surface area contributed by atoms with E-state index in [1.807, 2.05) is 0 Å². The normalized spacial score (nSPS) is 19.3. The maximum atomic E-state index is 12.4. The highest BCUT2D eigenvalue weighted by Crippen LogP contribution is 2.37. The molecule has 0 radical (unpaired) electrons. The van der Waals surface area contributed by atoms with Gasteiger partial charge in [-0.1, -0.05) is 0 Å². The fourth-order valence-corrected chi connectivity index (χ4v) is 7.20. The zero-order chi connectivity index (χ0) is 13.3. The van der Waals surface area contributed by atoms with E-state index in [1.54, 1.807) is 6.07 Å². The van der Waals surface area contributed by atoms with Gasteiger partial charge in [-0.2, -0.15) is 4.31 Å². The molecule has 2 rings (SSSR count). The predicted octanol–water partition coefficient (Wildman–Crippen LogP) is 2.67. The lowest BCUT2D eigenvalue weighted by molar-refractivity contribution is 0.170. The molecule has 8 heteroatoms. The molecular formula is C10H13Br2NO3S2. The zero-order valence-electron chi connectivity index (χ0n) is 9.47. The van der Waals surface area contributed by atoms with Crippen molar-refractivity contribution in [1.82, 2.24) is 4.31 Å². The molecule has 2 heterocycles. The van der Waals surface area contributed by atoms with Gasteiger partial charge in [0.15, 0.2) is 0 Å². The molecule has 0 spiro atoms. The fourth-order valence-electron chi connectivity index (χ4n) is 1.97. The van der Waals surface area contributed by atoms with Gasteiger partial charge in [0.05, 0.1) is 7.57 Å². The van der Waals surface area contributed by atoms with Crippen molar-refractivity contribution in [3.8, 4) is 0 Å². The summed E-state index contributed by atoms with van der Waals surface area (Å²) in [6.45, 7) is 1.10. The summed E-state index contributed by atoms with van der Waals surface area (Å²) in [7, 11) is -3.42. The van der Waals surface area contributed by atoms with Crippen LogP contribution >= 0.6 is 43.2 Å². The summed E-state index contributed by atoms with van der Waals surface area (Å²) < 4.78 is 27.8. The number of sulfonamides is 1. The first-order valence-corrected chi connectivity index (χ1v) is 9.35. The summed E-state index contributed by atoms with van der Waals surface area (Å²) in [5.41, 5.74) is 0. The van der Waals surface area contributed by atoms with E-state index in [0.29, 0.717) is 21.8 Å². The lowest BCUT2D eigenvalue weighted by Crippen LogP contribution is -2.39. The number of thiophene rings is 1. The third kappa shape index (κ3) is 2.99. The Labute approximate surface area is 127 Å². The van der Waals surface area contributed by atoms with E-state index in [0.717, 1.165) is 16.6 Å². The molecule has 0 saturated carbocycles. The van der Waals surface area contributed by atoms with Gasteiger partial charge in [-0.25, -0.2) is 8.42 Å². The van der Waals surface area contributed by atoms with Crippen LogP contribution in [0.1, 0.15) is 12.8 Å². The maximum Gasteiger partial charge on any atom is 0.245 e. The molecule has 1 aromatic heterocycles. The van der Waals surface area contributed by atoms with Crippen LogP contribution in [0.2, 0.25) is 0 Å². The van der Waals surface area contributed by atoms with Gasteiger partial charge in [0, 0.05) is 19.7 Å². The highest BCUT2D eigenvalue weighted by molar-refractivity contribution is 9.12. The van der Waals surface area contributed by atoms with E-state index >= 15 is 0 Å². The van der Waals surface area contributed by atoms with Gasteiger partial charge >= 0.3 is 0 Å². The second-order valence-electron chi connectivity index (χ2n) is 4.22. The van der Waals surface area contributed by atoms with E-state index in [2.05, 4.69) is 31.9 Å². The third-order valence-electron chi connectivity index (χ3n) is 3.07. The molecular weight excluding hydrogens is 406 g/mol. The van der Waals surface area contributed by atoms with Crippen molar-refractivity contribution >= 4 is 53.2 Å². The number of hydrogen-bond acceptors (Lipinski definition) is 4. The molecule has 0 aromatic carbocycles. The maximum absolute atomic E-state index is 12.4. The molecule has 0 unspecified atom stereocenters. The lowest BCUT2D eigenvalue weighted by Gasteiger charge is -2.30. The number of halogens is 2. The summed E-state index contributed by atoms with van der Waals surface area (Å²) in [6.07, 6.45) is 1.44. The Morgan fingerprint density at radius 2 is 2.00 bits per heavy atom. The summed E-state index contributed by atoms with van der Waals surface area (Å²) in [5, 5.41) is 9.06. The molecule has 0 aliphatic carbocycles. The van der Waals surface area contributed by atoms with Gasteiger partial charge in [-0.05, 0) is 56.7 Å². The van der Waals surface area contributed by atoms with Crippen LogP contribution in [0.5, 0.6) is 0 Å². The number of hydrogen-bond donors (Lipinski definition) is 1. The van der Waals surface area contributed by atoms with Crippen LogP contribution in [0.25, 0.3) is 0 Å². The summed E-state index contributed by atoms with van der Waals surface area (Å²) in [5.74, 6) is 0.231. The minimum Gasteiger partial charge on any atom is -0.396 e. The molecule has 102 valence electrons. The minimum absolute atomic E-state index is 0.140. The molecule has 1 N–H and O–H groups in total. The quantitative estimate of drug-likeness (QED) is 0.820. The van der Waals surface area contributed by atoms with Gasteiger partial charge in [0.2, 0.25) is 10.0 Å². The number of aliphatic hydroxyl groups excluding tert-OH is 1. The Kier molecular flexibility index (Phi) is 4.88. The fraction of sp³-hybridized carbons (Fsp3) is 0.600. The Balaban J connectivity index is 2.20. The number of nitrogens with zero attached hydrogens (tertiary/aromatic N) is 1. The zero-order valence-corrected chi connectivity index (χ0v) is 14.3. The monoisotopic (exact) mass is 417 g/mol. The van der Waals surface area contributed by atoms with Gasteiger partial charge in [-0.15, -0.1) is 11.3 Å². The smallest absolute Gasteiger partial charge is 0.245 e. The van der Waals surface area contributed by atoms with Crippen LogP contribution in [0, 0.1) is 5.92 Å². The molecule has 1 aromatic rings. The van der Waals surface area contributed by atoms with E-state index in [9.17, 15) is 8.42 Å². The first kappa shape index (κ1) is 14.9. The van der Waals surface area contributed by atoms with E-state index in [4.69, 9.17) is 5.11 Å². The van der Waals surface area contributed by atoms with Crippen LogP contribution in [0.15, 0.2) is 18.5 Å².